The first kappa shape index (κ1) is 15.8. The standard InChI is InChI=1S/C16H30N2O2/c1-3-5-11-18(13-8-9-13)14-7-6-10-16(12-14,15(19)20)17-4-2/h13-14,17H,3-12H2,1-2H3,(H,19,20). The van der Waals surface area contributed by atoms with Gasteiger partial charge in [0.1, 0.15) is 5.54 Å². The summed E-state index contributed by atoms with van der Waals surface area (Å²) in [6.07, 6.45) is 8.81. The summed E-state index contributed by atoms with van der Waals surface area (Å²) in [5.74, 6) is -0.657. The van der Waals surface area contributed by atoms with Crippen molar-refractivity contribution in [3.63, 3.8) is 0 Å². The van der Waals surface area contributed by atoms with Crippen LogP contribution in [0.1, 0.15) is 65.2 Å². The van der Waals surface area contributed by atoms with Crippen molar-refractivity contribution in [3.05, 3.63) is 0 Å². The van der Waals surface area contributed by atoms with Crippen LogP contribution in [0.15, 0.2) is 0 Å². The zero-order valence-corrected chi connectivity index (χ0v) is 13.0. The highest BCUT2D eigenvalue weighted by Crippen LogP contribution is 2.37. The molecule has 4 nitrogen and oxygen atoms in total. The Morgan fingerprint density at radius 1 is 1.30 bits per heavy atom. The second kappa shape index (κ2) is 6.90. The molecule has 2 saturated carbocycles. The van der Waals surface area contributed by atoms with Crippen molar-refractivity contribution in [1.29, 1.82) is 0 Å². The van der Waals surface area contributed by atoms with E-state index in [0.29, 0.717) is 6.04 Å². The number of carboxylic acids is 1. The first-order chi connectivity index (χ1) is 9.63. The van der Waals surface area contributed by atoms with Crippen LogP contribution < -0.4 is 5.32 Å². The van der Waals surface area contributed by atoms with Gasteiger partial charge in [0.15, 0.2) is 0 Å². The number of nitrogens with zero attached hydrogens (tertiary/aromatic N) is 1. The number of aliphatic carboxylic acids is 1. The number of rotatable bonds is 8. The number of hydrogen-bond acceptors (Lipinski definition) is 3. The molecule has 2 unspecified atom stereocenters. The van der Waals surface area contributed by atoms with Crippen molar-refractivity contribution in [3.8, 4) is 0 Å². The number of carbonyl (C=O) groups is 1. The summed E-state index contributed by atoms with van der Waals surface area (Å²) in [5, 5.41) is 12.9. The van der Waals surface area contributed by atoms with Gasteiger partial charge in [-0.25, -0.2) is 0 Å². The van der Waals surface area contributed by atoms with Crippen LogP contribution in [0.4, 0.5) is 0 Å². The second-order valence-corrected chi connectivity index (χ2v) is 6.49. The van der Waals surface area contributed by atoms with E-state index < -0.39 is 11.5 Å². The van der Waals surface area contributed by atoms with Gasteiger partial charge in [-0.2, -0.15) is 0 Å². The van der Waals surface area contributed by atoms with Gasteiger partial charge in [0.25, 0.3) is 0 Å². The molecule has 0 amide bonds. The monoisotopic (exact) mass is 282 g/mol. The lowest BCUT2D eigenvalue weighted by molar-refractivity contribution is -0.147. The number of nitrogens with one attached hydrogen (secondary N) is 1. The second-order valence-electron chi connectivity index (χ2n) is 6.49. The van der Waals surface area contributed by atoms with Crippen LogP contribution >= 0.6 is 0 Å². The van der Waals surface area contributed by atoms with E-state index in [1.54, 1.807) is 0 Å². The predicted molar refractivity (Wildman–Crippen MR) is 80.9 cm³/mol. The Morgan fingerprint density at radius 2 is 2.05 bits per heavy atom. The largest absolute Gasteiger partial charge is 0.480 e. The Bertz CT molecular complexity index is 326. The van der Waals surface area contributed by atoms with Crippen molar-refractivity contribution in [1.82, 2.24) is 10.2 Å². The lowest BCUT2D eigenvalue weighted by Gasteiger charge is -2.43. The van der Waals surface area contributed by atoms with Crippen molar-refractivity contribution >= 4 is 5.97 Å². The average molecular weight is 282 g/mol. The van der Waals surface area contributed by atoms with E-state index in [1.165, 1.54) is 32.1 Å². The highest BCUT2D eigenvalue weighted by Gasteiger charge is 2.45. The molecule has 2 aliphatic rings. The first-order valence-electron chi connectivity index (χ1n) is 8.37. The first-order valence-corrected chi connectivity index (χ1v) is 8.37. The van der Waals surface area contributed by atoms with E-state index in [0.717, 1.165) is 38.4 Å². The molecular formula is C16H30N2O2. The van der Waals surface area contributed by atoms with Gasteiger partial charge in [-0.3, -0.25) is 9.69 Å². The molecule has 0 saturated heterocycles. The van der Waals surface area contributed by atoms with Gasteiger partial charge < -0.3 is 10.4 Å². The van der Waals surface area contributed by atoms with Crippen LogP contribution in [0.3, 0.4) is 0 Å². The smallest absolute Gasteiger partial charge is 0.323 e. The molecule has 2 atom stereocenters. The summed E-state index contributed by atoms with van der Waals surface area (Å²) < 4.78 is 0. The fraction of sp³-hybridized carbons (Fsp3) is 0.938. The minimum Gasteiger partial charge on any atom is -0.480 e. The molecular weight excluding hydrogens is 252 g/mol. The Morgan fingerprint density at radius 3 is 2.60 bits per heavy atom. The van der Waals surface area contributed by atoms with E-state index in [2.05, 4.69) is 17.1 Å². The third-order valence-corrected chi connectivity index (χ3v) is 4.90. The van der Waals surface area contributed by atoms with Crippen LogP contribution in [0, 0.1) is 0 Å². The van der Waals surface area contributed by atoms with E-state index in [-0.39, 0.29) is 0 Å². The molecule has 0 aromatic carbocycles. The summed E-state index contributed by atoms with van der Waals surface area (Å²) >= 11 is 0. The highest BCUT2D eigenvalue weighted by atomic mass is 16.4. The van der Waals surface area contributed by atoms with Gasteiger partial charge in [-0.15, -0.1) is 0 Å². The summed E-state index contributed by atoms with van der Waals surface area (Å²) in [6, 6.07) is 1.19. The van der Waals surface area contributed by atoms with Crippen molar-refractivity contribution in [2.24, 2.45) is 0 Å². The quantitative estimate of drug-likeness (QED) is 0.718. The molecule has 4 heteroatoms. The van der Waals surface area contributed by atoms with Crippen LogP contribution in [0.2, 0.25) is 0 Å². The molecule has 2 fully saturated rings. The summed E-state index contributed by atoms with van der Waals surface area (Å²) in [4.78, 5) is 14.4. The molecule has 2 N–H and O–H groups in total. The minimum absolute atomic E-state index is 0.456. The Kier molecular flexibility index (Phi) is 5.44. The molecule has 0 bridgehead atoms. The Hall–Kier alpha value is -0.610. The van der Waals surface area contributed by atoms with E-state index >= 15 is 0 Å². The van der Waals surface area contributed by atoms with Crippen LogP contribution in [0.25, 0.3) is 0 Å². The van der Waals surface area contributed by atoms with Gasteiger partial charge in [0, 0.05) is 12.1 Å². The maximum absolute atomic E-state index is 11.8. The fourth-order valence-electron chi connectivity index (χ4n) is 3.71. The molecule has 0 aromatic heterocycles. The van der Waals surface area contributed by atoms with Gasteiger partial charge >= 0.3 is 5.97 Å². The van der Waals surface area contributed by atoms with Gasteiger partial charge in [0.2, 0.25) is 0 Å². The number of carboxylic acid groups (broad SMARTS) is 1. The molecule has 20 heavy (non-hydrogen) atoms. The third-order valence-electron chi connectivity index (χ3n) is 4.90. The van der Waals surface area contributed by atoms with Crippen molar-refractivity contribution < 1.29 is 9.90 Å². The summed E-state index contributed by atoms with van der Waals surface area (Å²) in [5.41, 5.74) is -0.684. The zero-order chi connectivity index (χ0) is 14.6. The minimum atomic E-state index is -0.684. The maximum atomic E-state index is 11.8. The molecule has 2 aliphatic carbocycles. The number of likely N-dealkylation sites (N-methyl/N-ethyl adjacent to an activating group) is 1. The molecule has 116 valence electrons. The lowest BCUT2D eigenvalue weighted by Crippen LogP contribution is -2.58. The molecule has 0 radical (unpaired) electrons. The van der Waals surface area contributed by atoms with Gasteiger partial charge in [-0.1, -0.05) is 20.3 Å². The number of unbranched alkanes of at least 4 members (excludes halogenated alkanes) is 1. The molecule has 0 spiro atoms. The van der Waals surface area contributed by atoms with E-state index in [9.17, 15) is 9.90 Å². The zero-order valence-electron chi connectivity index (χ0n) is 13.0. The van der Waals surface area contributed by atoms with Crippen molar-refractivity contribution in [2.45, 2.75) is 82.8 Å². The highest BCUT2D eigenvalue weighted by molar-refractivity contribution is 5.79. The predicted octanol–water partition coefficient (Wildman–Crippen LogP) is 2.63. The van der Waals surface area contributed by atoms with E-state index in [4.69, 9.17) is 0 Å². The van der Waals surface area contributed by atoms with Gasteiger partial charge in [0.05, 0.1) is 0 Å². The Balaban J connectivity index is 2.04. The van der Waals surface area contributed by atoms with Crippen molar-refractivity contribution in [2.75, 3.05) is 13.1 Å². The topological polar surface area (TPSA) is 52.6 Å². The summed E-state index contributed by atoms with van der Waals surface area (Å²) in [7, 11) is 0. The molecule has 2 rings (SSSR count). The molecule has 0 heterocycles. The maximum Gasteiger partial charge on any atom is 0.323 e. The normalized spacial score (nSPS) is 30.6. The van der Waals surface area contributed by atoms with Crippen LogP contribution in [-0.4, -0.2) is 46.7 Å². The average Bonchev–Trinajstić information content (AvgIpc) is 3.24. The van der Waals surface area contributed by atoms with Crippen LogP contribution in [0.5, 0.6) is 0 Å². The number of hydrogen-bond donors (Lipinski definition) is 2. The van der Waals surface area contributed by atoms with Gasteiger partial charge in [-0.05, 0) is 58.0 Å². The van der Waals surface area contributed by atoms with E-state index in [1.807, 2.05) is 6.92 Å². The summed E-state index contributed by atoms with van der Waals surface area (Å²) in [6.45, 7) is 6.11. The fourth-order valence-corrected chi connectivity index (χ4v) is 3.71. The van der Waals surface area contributed by atoms with Crippen LogP contribution in [-0.2, 0) is 4.79 Å². The molecule has 0 aliphatic heterocycles. The Labute approximate surface area is 122 Å². The lowest BCUT2D eigenvalue weighted by atomic mass is 9.78. The molecule has 0 aromatic rings. The third kappa shape index (κ3) is 3.53. The SMILES string of the molecule is CCCCN(C1CC1)C1CCCC(NCC)(C(=O)O)C1.